The summed E-state index contributed by atoms with van der Waals surface area (Å²) in [5.74, 6) is 0.365. The highest BCUT2D eigenvalue weighted by molar-refractivity contribution is 7.54. The number of aromatic nitrogens is 4. The van der Waals surface area contributed by atoms with Crippen molar-refractivity contribution in [3.8, 4) is 0 Å². The van der Waals surface area contributed by atoms with Crippen LogP contribution in [0.4, 0.5) is 11.8 Å². The number of nitrogens with zero attached hydrogens (tertiary/aromatic N) is 4. The molecule has 7 N–H and O–H groups in total. The van der Waals surface area contributed by atoms with E-state index in [0.29, 0.717) is 48.9 Å². The summed E-state index contributed by atoms with van der Waals surface area (Å²) in [7, 11) is -4.02. The lowest BCUT2D eigenvalue weighted by molar-refractivity contribution is -0.146. The monoisotopic (exact) mass is 710 g/mol. The molecule has 0 aromatic carbocycles. The molecule has 3 fully saturated rings. The molecule has 5 rings (SSSR count). The number of aliphatic hydroxyl groups is 2. The van der Waals surface area contributed by atoms with Crippen LogP contribution in [0.5, 0.6) is 0 Å². The van der Waals surface area contributed by atoms with Crippen molar-refractivity contribution < 1.29 is 38.3 Å². The molecule has 0 bridgehead atoms. The fourth-order valence-corrected chi connectivity index (χ4v) is 8.66. The summed E-state index contributed by atoms with van der Waals surface area (Å²) in [4.78, 5) is 26.3. The number of anilines is 2. The Labute approximate surface area is 288 Å². The van der Waals surface area contributed by atoms with Crippen LogP contribution in [0, 0.1) is 11.8 Å². The molecule has 2 aromatic heterocycles. The summed E-state index contributed by atoms with van der Waals surface area (Å²) in [6.45, 7) is 14.1. The van der Waals surface area contributed by atoms with E-state index in [9.17, 15) is 19.6 Å². The number of aliphatic hydroxyl groups excluding tert-OH is 1. The lowest BCUT2D eigenvalue weighted by Gasteiger charge is -2.31. The minimum absolute atomic E-state index is 0.0540. The first-order chi connectivity index (χ1) is 23.2. The van der Waals surface area contributed by atoms with Crippen molar-refractivity contribution >= 4 is 36.6 Å². The summed E-state index contributed by atoms with van der Waals surface area (Å²) < 4.78 is 39.8. The van der Waals surface area contributed by atoms with E-state index in [2.05, 4.69) is 30.4 Å². The Kier molecular flexibility index (Phi) is 11.6. The van der Waals surface area contributed by atoms with Gasteiger partial charge >= 0.3 is 13.6 Å². The lowest BCUT2D eigenvalue weighted by Crippen LogP contribution is -2.45. The van der Waals surface area contributed by atoms with E-state index in [1.807, 2.05) is 41.5 Å². The van der Waals surface area contributed by atoms with Crippen LogP contribution in [-0.4, -0.2) is 104 Å². The van der Waals surface area contributed by atoms with Gasteiger partial charge in [-0.1, -0.05) is 34.6 Å². The number of esters is 1. The van der Waals surface area contributed by atoms with Gasteiger partial charge in [0.2, 0.25) is 5.95 Å². The molecule has 2 aliphatic carbocycles. The van der Waals surface area contributed by atoms with Crippen molar-refractivity contribution in [3.63, 3.8) is 0 Å². The molecule has 1 saturated heterocycles. The van der Waals surface area contributed by atoms with Crippen molar-refractivity contribution in [2.45, 2.75) is 128 Å². The third-order valence-electron chi connectivity index (χ3n) is 9.30. The van der Waals surface area contributed by atoms with E-state index in [0.717, 1.165) is 12.8 Å². The average molecular weight is 711 g/mol. The lowest BCUT2D eigenvalue weighted by atomic mass is 10.1. The maximum Gasteiger partial charge on any atom is 0.341 e. The summed E-state index contributed by atoms with van der Waals surface area (Å²) in [6, 6.07) is -1.73. The number of nitrogens with two attached hydrogens (primary N) is 1. The number of carbonyl (C=O) groups excluding carboxylic acids is 1. The Morgan fingerprint density at radius 1 is 1.18 bits per heavy atom. The molecular formula is C32H55N8O8P. The average Bonchev–Trinajstić information content (AvgIpc) is 3.85. The van der Waals surface area contributed by atoms with Gasteiger partial charge in [-0.2, -0.15) is 9.97 Å². The molecule has 8 atom stereocenters. The summed E-state index contributed by atoms with van der Waals surface area (Å²) >= 11 is 0. The zero-order chi connectivity index (χ0) is 35.7. The largest absolute Gasteiger partial charge is 0.465 e. The van der Waals surface area contributed by atoms with Gasteiger partial charge in [0.25, 0.3) is 0 Å². The highest BCUT2D eigenvalue weighted by Gasteiger charge is 2.85. The molecule has 2 saturated carbocycles. The Balaban J connectivity index is 1.35. The van der Waals surface area contributed by atoms with E-state index in [-0.39, 0.29) is 43.6 Å². The van der Waals surface area contributed by atoms with Gasteiger partial charge in [-0.15, -0.1) is 0 Å². The van der Waals surface area contributed by atoms with E-state index in [4.69, 9.17) is 24.5 Å². The number of hydrogen-bond acceptors (Lipinski definition) is 13. The van der Waals surface area contributed by atoms with Crippen molar-refractivity contribution in [1.82, 2.24) is 29.7 Å². The number of imidazole rings is 1. The van der Waals surface area contributed by atoms with Gasteiger partial charge in [0.1, 0.15) is 35.5 Å². The minimum Gasteiger partial charge on any atom is -0.465 e. The molecule has 0 amide bonds. The quantitative estimate of drug-likeness (QED) is 0.0860. The van der Waals surface area contributed by atoms with Gasteiger partial charge in [-0.3, -0.25) is 9.36 Å². The zero-order valence-corrected chi connectivity index (χ0v) is 30.6. The number of nitrogens with one attached hydrogen (secondary N) is 3. The van der Waals surface area contributed by atoms with E-state index in [1.165, 1.54) is 6.33 Å². The van der Waals surface area contributed by atoms with E-state index in [1.54, 1.807) is 11.5 Å². The molecule has 49 heavy (non-hydrogen) atoms. The highest BCUT2D eigenvalue weighted by Crippen LogP contribution is 2.68. The second-order valence-electron chi connectivity index (χ2n) is 14.6. The zero-order valence-electron chi connectivity index (χ0n) is 29.7. The SMILES string of the molecule is CCCOC(=O)C(CC(C)C)NP(=O)(NC(COCC)CC(C)C)OCC1OC2(C)C(n3cnc4c(NC5CC5)nc(N)nc43)C2(O)C1O. The molecule has 1 aliphatic heterocycles. The van der Waals surface area contributed by atoms with E-state index >= 15 is 0 Å². The second kappa shape index (κ2) is 15.0. The van der Waals surface area contributed by atoms with Gasteiger partial charge in [0.05, 0.1) is 26.1 Å². The Morgan fingerprint density at radius 2 is 1.90 bits per heavy atom. The first-order valence-corrected chi connectivity index (χ1v) is 19.2. The van der Waals surface area contributed by atoms with Crippen LogP contribution in [0.2, 0.25) is 0 Å². The molecule has 0 radical (unpaired) electrons. The van der Waals surface area contributed by atoms with Crippen LogP contribution in [0.1, 0.15) is 86.6 Å². The van der Waals surface area contributed by atoms with Crippen LogP contribution in [-0.2, 0) is 28.1 Å². The predicted molar refractivity (Wildman–Crippen MR) is 184 cm³/mol. The van der Waals surface area contributed by atoms with Gasteiger partial charge in [-0.05, 0) is 57.8 Å². The maximum atomic E-state index is 14.6. The topological polar surface area (TPSA) is 217 Å². The first-order valence-electron chi connectivity index (χ1n) is 17.5. The summed E-state index contributed by atoms with van der Waals surface area (Å²) in [5, 5.41) is 32.8. The summed E-state index contributed by atoms with van der Waals surface area (Å²) in [6.07, 6.45) is 2.74. The van der Waals surface area contributed by atoms with Crippen LogP contribution < -0.4 is 21.2 Å². The number of nitrogen functional groups attached to an aromatic ring is 1. The fourth-order valence-electron chi connectivity index (χ4n) is 6.80. The Hall–Kier alpha value is -2.43. The van der Waals surface area contributed by atoms with Crippen molar-refractivity contribution in [3.05, 3.63) is 6.33 Å². The number of ether oxygens (including phenoxy) is 3. The molecule has 3 heterocycles. The van der Waals surface area contributed by atoms with Gasteiger partial charge in [-0.25, -0.2) is 15.2 Å². The molecule has 2 aromatic rings. The van der Waals surface area contributed by atoms with Crippen LogP contribution in [0.15, 0.2) is 6.33 Å². The summed E-state index contributed by atoms with van der Waals surface area (Å²) in [5.41, 5.74) is 3.96. The van der Waals surface area contributed by atoms with Gasteiger partial charge < -0.3 is 44.6 Å². The Bertz CT molecular complexity index is 1510. The van der Waals surface area contributed by atoms with E-state index < -0.39 is 49.1 Å². The highest BCUT2D eigenvalue weighted by atomic mass is 31.2. The molecule has 3 aliphatic rings. The third kappa shape index (κ3) is 8.06. The number of fused-ring (bicyclic) bond motifs is 2. The molecule has 17 heteroatoms. The third-order valence-corrected chi connectivity index (χ3v) is 11.2. The second-order valence-corrected chi connectivity index (χ2v) is 16.4. The predicted octanol–water partition coefficient (Wildman–Crippen LogP) is 2.91. The van der Waals surface area contributed by atoms with Gasteiger partial charge in [0, 0.05) is 18.7 Å². The molecule has 8 unspecified atom stereocenters. The molecular weight excluding hydrogens is 655 g/mol. The normalized spacial score (nSPS) is 28.8. The number of carbonyl (C=O) groups is 1. The maximum absolute atomic E-state index is 14.6. The molecule has 16 nitrogen and oxygen atoms in total. The van der Waals surface area contributed by atoms with Crippen molar-refractivity contribution in [2.75, 3.05) is 37.5 Å². The van der Waals surface area contributed by atoms with Crippen molar-refractivity contribution in [1.29, 1.82) is 0 Å². The molecule has 0 spiro atoms. The number of hydrogen-bond donors (Lipinski definition) is 6. The Morgan fingerprint density at radius 3 is 2.49 bits per heavy atom. The molecule has 276 valence electrons. The first kappa shape index (κ1) is 37.8. The van der Waals surface area contributed by atoms with Gasteiger partial charge in [0.15, 0.2) is 17.0 Å². The van der Waals surface area contributed by atoms with Crippen LogP contribution >= 0.6 is 7.67 Å². The minimum atomic E-state index is -4.02. The fraction of sp³-hybridized carbons (Fsp3) is 0.812. The standard InChI is InChI=1S/C32H55N8O8P/c1-8-12-46-28(42)22(14-19(5)6)39-49(44,38-21(13-18(3)4)15-45-9-2)47-16-23-25(41)32(43)29(31(32,7)48-23)40-17-34-24-26(35-20-10-11-20)36-30(33)37-27(24)40/h17-23,25,29,41,43H,8-16H2,1-7H3,(H2,38,39,44)(H3,33,35,36,37). The smallest absolute Gasteiger partial charge is 0.341 e. The number of rotatable bonds is 20. The van der Waals surface area contributed by atoms with Crippen LogP contribution in [0.3, 0.4) is 0 Å². The van der Waals surface area contributed by atoms with Crippen LogP contribution in [0.25, 0.3) is 11.2 Å². The van der Waals surface area contributed by atoms with Crippen molar-refractivity contribution in [2.24, 2.45) is 11.8 Å².